The van der Waals surface area contributed by atoms with Crippen LogP contribution in [0.25, 0.3) is 0 Å². The highest BCUT2D eigenvalue weighted by atomic mass is 16.6. The number of benzene rings is 1. The first-order valence-corrected chi connectivity index (χ1v) is 6.46. The molecule has 0 fully saturated rings. The average Bonchev–Trinajstić information content (AvgIpc) is 2.35. The lowest BCUT2D eigenvalue weighted by atomic mass is 10.1. The molecule has 0 aliphatic carbocycles. The fourth-order valence-corrected chi connectivity index (χ4v) is 1.78. The van der Waals surface area contributed by atoms with Crippen LogP contribution in [0.4, 0.5) is 5.69 Å². The minimum atomic E-state index is -0.435. The Morgan fingerprint density at radius 2 is 2.22 bits per heavy atom. The zero-order chi connectivity index (χ0) is 13.4. The molecule has 0 amide bonds. The summed E-state index contributed by atoms with van der Waals surface area (Å²) in [6.07, 6.45) is 5.65. The molecule has 1 rings (SSSR count). The van der Waals surface area contributed by atoms with E-state index in [1.807, 2.05) is 6.92 Å². The van der Waals surface area contributed by atoms with Gasteiger partial charge < -0.3 is 4.74 Å². The molecule has 1 aromatic rings. The van der Waals surface area contributed by atoms with E-state index in [1.54, 1.807) is 12.1 Å². The van der Waals surface area contributed by atoms with Crippen LogP contribution in [0, 0.1) is 16.2 Å². The van der Waals surface area contributed by atoms with Crippen LogP contribution in [0.2, 0.25) is 0 Å². The van der Waals surface area contributed by atoms with Crippen LogP contribution >= 0.6 is 0 Å². The molecule has 1 radical (unpaired) electrons. The summed E-state index contributed by atoms with van der Waals surface area (Å²) < 4.78 is 5.63. The Labute approximate surface area is 108 Å². The Morgan fingerprint density at radius 3 is 2.89 bits per heavy atom. The Balaban J connectivity index is 2.48. The predicted octanol–water partition coefficient (Wildman–Crippen LogP) is 4.13. The summed E-state index contributed by atoms with van der Waals surface area (Å²) in [5, 5.41) is 10.8. The van der Waals surface area contributed by atoms with Crippen LogP contribution in [0.15, 0.2) is 18.2 Å². The van der Waals surface area contributed by atoms with Gasteiger partial charge >= 0.3 is 5.69 Å². The highest BCUT2D eigenvalue weighted by Crippen LogP contribution is 2.27. The molecule has 4 nitrogen and oxygen atoms in total. The van der Waals surface area contributed by atoms with Gasteiger partial charge in [0.1, 0.15) is 0 Å². The molecule has 18 heavy (non-hydrogen) atoms. The second kappa shape index (κ2) is 7.69. The first-order chi connectivity index (χ1) is 8.65. The molecule has 0 spiro atoms. The van der Waals surface area contributed by atoms with Gasteiger partial charge in [-0.15, -0.1) is 0 Å². The fourth-order valence-electron chi connectivity index (χ4n) is 1.78. The van der Waals surface area contributed by atoms with Crippen molar-refractivity contribution in [3.63, 3.8) is 0 Å². The van der Waals surface area contributed by atoms with Crippen molar-refractivity contribution in [3.05, 3.63) is 34.4 Å². The van der Waals surface area contributed by atoms with Crippen LogP contribution in [0.5, 0.6) is 5.75 Å². The molecule has 0 aromatic heterocycles. The highest BCUT2D eigenvalue weighted by Gasteiger charge is 2.15. The fraction of sp³-hybridized carbons (Fsp3) is 0.571. The van der Waals surface area contributed by atoms with Gasteiger partial charge in [-0.05, 0) is 31.9 Å². The lowest BCUT2D eigenvalue weighted by Gasteiger charge is -2.14. The van der Waals surface area contributed by atoms with E-state index in [0.717, 1.165) is 12.8 Å². The molecular formula is C14H20NO3. The smallest absolute Gasteiger partial charge is 0.311 e. The van der Waals surface area contributed by atoms with E-state index in [1.165, 1.54) is 25.3 Å². The number of hydrogen-bond acceptors (Lipinski definition) is 3. The number of unbranched alkanes of at least 4 members (excludes halogenated alkanes) is 3. The number of nitrogens with zero attached hydrogens (tertiary/aromatic N) is 1. The van der Waals surface area contributed by atoms with Crippen molar-refractivity contribution >= 4 is 5.69 Å². The molecule has 4 heteroatoms. The lowest BCUT2D eigenvalue weighted by Crippen LogP contribution is -2.12. The van der Waals surface area contributed by atoms with E-state index in [-0.39, 0.29) is 11.8 Å². The van der Waals surface area contributed by atoms with E-state index in [0.29, 0.717) is 5.75 Å². The van der Waals surface area contributed by atoms with Gasteiger partial charge in [0.25, 0.3) is 0 Å². The molecule has 0 N–H and O–H groups in total. The molecule has 1 atom stereocenters. The molecule has 99 valence electrons. The average molecular weight is 250 g/mol. The highest BCUT2D eigenvalue weighted by molar-refractivity contribution is 5.45. The SMILES string of the molecule is CCCCCC[C@H](C)Oc1cc[c]cc1[N+](=O)[O-]. The first-order valence-electron chi connectivity index (χ1n) is 6.46. The molecule has 0 bridgehead atoms. The quantitative estimate of drug-likeness (QED) is 0.396. The largest absolute Gasteiger partial charge is 0.484 e. The van der Waals surface area contributed by atoms with E-state index in [4.69, 9.17) is 4.74 Å². The molecule has 0 aliphatic heterocycles. The molecule has 0 saturated carbocycles. The van der Waals surface area contributed by atoms with Gasteiger partial charge in [0.05, 0.1) is 11.0 Å². The van der Waals surface area contributed by atoms with E-state index < -0.39 is 4.92 Å². The number of nitro groups is 1. The summed E-state index contributed by atoms with van der Waals surface area (Å²) in [7, 11) is 0. The van der Waals surface area contributed by atoms with Gasteiger partial charge in [-0.1, -0.05) is 32.3 Å². The summed E-state index contributed by atoms with van der Waals surface area (Å²) in [6, 6.07) is 7.27. The van der Waals surface area contributed by atoms with Gasteiger partial charge in [-0.25, -0.2) is 0 Å². The number of rotatable bonds is 8. The third kappa shape index (κ3) is 4.73. The van der Waals surface area contributed by atoms with Gasteiger partial charge in [-0.2, -0.15) is 0 Å². The second-order valence-corrected chi connectivity index (χ2v) is 4.43. The zero-order valence-corrected chi connectivity index (χ0v) is 11.0. The number of hydrogen-bond donors (Lipinski definition) is 0. The van der Waals surface area contributed by atoms with Crippen molar-refractivity contribution in [2.24, 2.45) is 0 Å². The Hall–Kier alpha value is -1.58. The topological polar surface area (TPSA) is 52.4 Å². The maximum absolute atomic E-state index is 10.8. The Morgan fingerprint density at radius 1 is 1.44 bits per heavy atom. The van der Waals surface area contributed by atoms with Crippen LogP contribution in [0.1, 0.15) is 46.0 Å². The van der Waals surface area contributed by atoms with Crippen molar-refractivity contribution in [3.8, 4) is 5.75 Å². The van der Waals surface area contributed by atoms with Crippen LogP contribution in [-0.4, -0.2) is 11.0 Å². The van der Waals surface area contributed by atoms with Crippen molar-refractivity contribution in [2.75, 3.05) is 0 Å². The number of nitro benzene ring substituents is 1. The zero-order valence-electron chi connectivity index (χ0n) is 11.0. The summed E-state index contributed by atoms with van der Waals surface area (Å²) in [6.45, 7) is 4.12. The molecule has 0 aliphatic rings. The van der Waals surface area contributed by atoms with Crippen LogP contribution < -0.4 is 4.74 Å². The standard InChI is InChI=1S/C14H20NO3/c1-3-4-5-6-9-12(2)18-14-11-8-7-10-13(14)15(16)17/h8,10-12H,3-6,9H2,1-2H3/t12-/m0/s1. The van der Waals surface area contributed by atoms with Crippen molar-refractivity contribution in [1.82, 2.24) is 0 Å². The predicted molar refractivity (Wildman–Crippen MR) is 70.8 cm³/mol. The van der Waals surface area contributed by atoms with E-state index in [9.17, 15) is 10.1 Å². The number of ether oxygens (including phenoxy) is 1. The van der Waals surface area contributed by atoms with E-state index in [2.05, 4.69) is 13.0 Å². The lowest BCUT2D eigenvalue weighted by molar-refractivity contribution is -0.386. The van der Waals surface area contributed by atoms with Crippen molar-refractivity contribution in [1.29, 1.82) is 0 Å². The third-order valence-electron chi connectivity index (χ3n) is 2.79. The minimum Gasteiger partial charge on any atom is -0.484 e. The third-order valence-corrected chi connectivity index (χ3v) is 2.79. The Bertz CT molecular complexity index is 379. The van der Waals surface area contributed by atoms with Crippen LogP contribution in [-0.2, 0) is 0 Å². The van der Waals surface area contributed by atoms with E-state index >= 15 is 0 Å². The normalized spacial score (nSPS) is 12.1. The molecule has 0 heterocycles. The molecule has 1 aromatic carbocycles. The summed E-state index contributed by atoms with van der Waals surface area (Å²) in [5.74, 6) is 0.335. The van der Waals surface area contributed by atoms with Gasteiger partial charge in [0, 0.05) is 6.07 Å². The Kier molecular flexibility index (Phi) is 6.19. The minimum absolute atomic E-state index is 0.00274. The van der Waals surface area contributed by atoms with Crippen LogP contribution in [0.3, 0.4) is 0 Å². The van der Waals surface area contributed by atoms with Gasteiger partial charge in [0.2, 0.25) is 0 Å². The van der Waals surface area contributed by atoms with Gasteiger partial charge in [0.15, 0.2) is 5.75 Å². The molecule has 0 unspecified atom stereocenters. The van der Waals surface area contributed by atoms with Gasteiger partial charge in [-0.3, -0.25) is 10.1 Å². The first kappa shape index (κ1) is 14.5. The second-order valence-electron chi connectivity index (χ2n) is 4.43. The summed E-state index contributed by atoms with van der Waals surface area (Å²) in [5.41, 5.74) is -0.0158. The van der Waals surface area contributed by atoms with Crippen molar-refractivity contribution < 1.29 is 9.66 Å². The molecular weight excluding hydrogens is 230 g/mol. The maximum Gasteiger partial charge on any atom is 0.311 e. The van der Waals surface area contributed by atoms with Crippen molar-refractivity contribution in [2.45, 2.75) is 52.1 Å². The summed E-state index contributed by atoms with van der Waals surface area (Å²) in [4.78, 5) is 10.4. The summed E-state index contributed by atoms with van der Waals surface area (Å²) >= 11 is 0. The molecule has 0 saturated heterocycles. The monoisotopic (exact) mass is 250 g/mol. The maximum atomic E-state index is 10.8.